The minimum atomic E-state index is -0.152. The summed E-state index contributed by atoms with van der Waals surface area (Å²) in [6, 6.07) is 0.367. The lowest BCUT2D eigenvalue weighted by molar-refractivity contribution is -0.141. The Morgan fingerprint density at radius 3 is 2.42 bits per heavy atom. The van der Waals surface area contributed by atoms with Gasteiger partial charge in [0.15, 0.2) is 0 Å². The number of aliphatic hydroxyl groups excluding tert-OH is 1. The van der Waals surface area contributed by atoms with E-state index in [1.54, 1.807) is 0 Å². The fourth-order valence-electron chi connectivity index (χ4n) is 4.92. The second-order valence-electron chi connectivity index (χ2n) is 7.88. The molecular formula is C19H29N3O2. The van der Waals surface area contributed by atoms with Gasteiger partial charge in [-0.3, -0.25) is 9.69 Å². The zero-order valence-electron chi connectivity index (χ0n) is 14.4. The molecule has 5 nitrogen and oxygen atoms in total. The van der Waals surface area contributed by atoms with Gasteiger partial charge in [-0.25, -0.2) is 0 Å². The van der Waals surface area contributed by atoms with Crippen LogP contribution in [0.1, 0.15) is 44.9 Å². The van der Waals surface area contributed by atoms with Crippen molar-refractivity contribution in [3.63, 3.8) is 0 Å². The zero-order valence-corrected chi connectivity index (χ0v) is 14.4. The molecule has 2 saturated heterocycles. The molecule has 24 heavy (non-hydrogen) atoms. The van der Waals surface area contributed by atoms with Gasteiger partial charge in [0, 0.05) is 25.7 Å². The van der Waals surface area contributed by atoms with Crippen LogP contribution < -0.4 is 5.32 Å². The smallest absolute Gasteiger partial charge is 0.229 e. The monoisotopic (exact) mass is 331 g/mol. The number of piperidine rings is 1. The lowest BCUT2D eigenvalue weighted by Gasteiger charge is -2.42. The van der Waals surface area contributed by atoms with E-state index in [0.717, 1.165) is 64.6 Å². The first kappa shape index (κ1) is 16.2. The van der Waals surface area contributed by atoms with Crippen molar-refractivity contribution in [2.24, 2.45) is 5.41 Å². The van der Waals surface area contributed by atoms with Crippen LogP contribution in [0.2, 0.25) is 0 Å². The fraction of sp³-hybridized carbons (Fsp3) is 0.737. The maximum atomic E-state index is 13.2. The van der Waals surface area contributed by atoms with E-state index in [2.05, 4.69) is 27.3 Å². The first-order valence-corrected chi connectivity index (χ1v) is 9.51. The van der Waals surface area contributed by atoms with Crippen LogP contribution in [0.4, 0.5) is 0 Å². The normalized spacial score (nSPS) is 36.3. The summed E-state index contributed by atoms with van der Waals surface area (Å²) in [5, 5.41) is 13.1. The van der Waals surface area contributed by atoms with Gasteiger partial charge >= 0.3 is 0 Å². The molecule has 3 aliphatic heterocycles. The average Bonchev–Trinajstić information content (AvgIpc) is 2.94. The third-order valence-corrected chi connectivity index (χ3v) is 6.57. The third-order valence-electron chi connectivity index (χ3n) is 6.57. The highest BCUT2D eigenvalue weighted by molar-refractivity contribution is 5.85. The first-order chi connectivity index (χ1) is 11.7. The Morgan fingerprint density at radius 2 is 1.75 bits per heavy atom. The molecule has 2 N–H and O–H groups in total. The van der Waals surface area contributed by atoms with Gasteiger partial charge in [0.2, 0.25) is 5.91 Å². The molecule has 0 bridgehead atoms. The molecule has 5 heteroatoms. The van der Waals surface area contributed by atoms with Gasteiger partial charge in [0.1, 0.15) is 0 Å². The van der Waals surface area contributed by atoms with Crippen LogP contribution in [-0.4, -0.2) is 58.8 Å². The van der Waals surface area contributed by atoms with E-state index < -0.39 is 0 Å². The van der Waals surface area contributed by atoms with Crippen LogP contribution in [-0.2, 0) is 4.79 Å². The van der Waals surface area contributed by atoms with E-state index in [4.69, 9.17) is 0 Å². The number of nitrogens with zero attached hydrogens (tertiary/aromatic N) is 2. The fourth-order valence-corrected chi connectivity index (χ4v) is 4.92. The molecule has 3 fully saturated rings. The predicted molar refractivity (Wildman–Crippen MR) is 93.0 cm³/mol. The van der Waals surface area contributed by atoms with Crippen molar-refractivity contribution in [2.45, 2.75) is 63.3 Å². The molecule has 1 saturated carbocycles. The van der Waals surface area contributed by atoms with E-state index in [-0.39, 0.29) is 17.7 Å². The van der Waals surface area contributed by atoms with Crippen LogP contribution in [0.25, 0.3) is 0 Å². The Balaban J connectivity index is 1.36. The van der Waals surface area contributed by atoms with Gasteiger partial charge in [0.05, 0.1) is 17.7 Å². The number of hydrogen-bond donors (Lipinski definition) is 2. The van der Waals surface area contributed by atoms with Crippen LogP contribution in [0, 0.1) is 5.41 Å². The highest BCUT2D eigenvalue weighted by atomic mass is 16.3. The number of likely N-dealkylation sites (tertiary alicyclic amines) is 2. The van der Waals surface area contributed by atoms with Gasteiger partial charge in [-0.1, -0.05) is 6.08 Å². The number of rotatable bonds is 2. The van der Waals surface area contributed by atoms with Crippen molar-refractivity contribution >= 4 is 5.91 Å². The predicted octanol–water partition coefficient (Wildman–Crippen LogP) is 1.60. The average molecular weight is 331 g/mol. The third kappa shape index (κ3) is 2.88. The maximum absolute atomic E-state index is 13.2. The molecule has 132 valence electrons. The van der Waals surface area contributed by atoms with E-state index in [0.29, 0.717) is 11.9 Å². The summed E-state index contributed by atoms with van der Waals surface area (Å²) in [6.45, 7) is 2.89. The second kappa shape index (κ2) is 6.52. The van der Waals surface area contributed by atoms with Crippen LogP contribution in [0.3, 0.4) is 0 Å². The first-order valence-electron chi connectivity index (χ1n) is 9.51. The minimum Gasteiger partial charge on any atom is -0.393 e. The molecular weight excluding hydrogens is 302 g/mol. The van der Waals surface area contributed by atoms with E-state index in [9.17, 15) is 9.90 Å². The number of carbonyl (C=O) groups excluding carboxylic acids is 1. The van der Waals surface area contributed by atoms with Crippen LogP contribution >= 0.6 is 0 Å². The van der Waals surface area contributed by atoms with E-state index in [1.807, 2.05) is 12.3 Å². The zero-order chi connectivity index (χ0) is 16.6. The Bertz CT molecular complexity index is 529. The Hall–Kier alpha value is -1.33. The van der Waals surface area contributed by atoms with Crippen molar-refractivity contribution in [2.75, 3.05) is 19.6 Å². The van der Waals surface area contributed by atoms with Crippen LogP contribution in [0.5, 0.6) is 0 Å². The number of aliphatic hydroxyl groups is 1. The summed E-state index contributed by atoms with van der Waals surface area (Å²) in [6.07, 6.45) is 15.0. The van der Waals surface area contributed by atoms with Gasteiger partial charge in [-0.05, 0) is 63.3 Å². The molecule has 4 rings (SSSR count). The van der Waals surface area contributed by atoms with Crippen molar-refractivity contribution < 1.29 is 9.90 Å². The number of hydrogen-bond acceptors (Lipinski definition) is 4. The second-order valence-corrected chi connectivity index (χ2v) is 7.88. The van der Waals surface area contributed by atoms with Crippen molar-refractivity contribution in [3.05, 3.63) is 24.4 Å². The molecule has 1 unspecified atom stereocenters. The Labute approximate surface area is 144 Å². The van der Waals surface area contributed by atoms with Crippen molar-refractivity contribution in [1.29, 1.82) is 0 Å². The van der Waals surface area contributed by atoms with Gasteiger partial charge in [-0.2, -0.15) is 0 Å². The molecule has 0 aromatic carbocycles. The molecule has 3 heterocycles. The number of allylic oxidation sites excluding steroid dienone is 2. The van der Waals surface area contributed by atoms with Gasteiger partial charge < -0.3 is 15.3 Å². The summed E-state index contributed by atoms with van der Waals surface area (Å²) >= 11 is 0. The molecule has 1 amide bonds. The van der Waals surface area contributed by atoms with Crippen LogP contribution in [0.15, 0.2) is 24.4 Å². The number of nitrogens with one attached hydrogen (secondary N) is 1. The Kier molecular flexibility index (Phi) is 4.39. The highest BCUT2D eigenvalue weighted by Gasteiger charge is 2.50. The van der Waals surface area contributed by atoms with Crippen molar-refractivity contribution in [3.8, 4) is 0 Å². The number of dihydropyridines is 1. The van der Waals surface area contributed by atoms with Gasteiger partial charge in [-0.15, -0.1) is 0 Å². The summed E-state index contributed by atoms with van der Waals surface area (Å²) in [5.74, 6) is 0.399. The Morgan fingerprint density at radius 1 is 1.04 bits per heavy atom. The van der Waals surface area contributed by atoms with E-state index >= 15 is 0 Å². The summed E-state index contributed by atoms with van der Waals surface area (Å²) < 4.78 is 0. The molecule has 1 spiro atoms. The SMILES string of the molecule is O=C1N(C2CCC(O)CC2)CCC12CCN(C1C=CC=CN1)CC2. The quantitative estimate of drug-likeness (QED) is 0.807. The molecule has 1 atom stereocenters. The van der Waals surface area contributed by atoms with E-state index in [1.165, 1.54) is 0 Å². The molecule has 0 aromatic rings. The summed E-state index contributed by atoms with van der Waals surface area (Å²) in [7, 11) is 0. The minimum absolute atomic E-state index is 0.110. The number of amides is 1. The molecule has 0 aromatic heterocycles. The number of carbonyl (C=O) groups is 1. The maximum Gasteiger partial charge on any atom is 0.229 e. The standard InChI is InChI=1S/C19H29N3O2/c23-16-6-4-15(5-7-16)22-14-10-19(18(22)24)8-12-21(13-9-19)17-3-1-2-11-20-17/h1-3,11,15-17,20,23H,4-10,12-14H2. The topological polar surface area (TPSA) is 55.8 Å². The van der Waals surface area contributed by atoms with Crippen molar-refractivity contribution in [1.82, 2.24) is 15.1 Å². The molecule has 0 radical (unpaired) electrons. The highest BCUT2D eigenvalue weighted by Crippen LogP contribution is 2.43. The lowest BCUT2D eigenvalue weighted by Crippen LogP contribution is -2.52. The lowest BCUT2D eigenvalue weighted by atomic mass is 9.76. The summed E-state index contributed by atoms with van der Waals surface area (Å²) in [5.41, 5.74) is -0.110. The summed E-state index contributed by atoms with van der Waals surface area (Å²) in [4.78, 5) is 17.7. The largest absolute Gasteiger partial charge is 0.393 e. The molecule has 4 aliphatic rings. The molecule has 1 aliphatic carbocycles. The van der Waals surface area contributed by atoms with Gasteiger partial charge in [0.25, 0.3) is 0 Å².